The van der Waals surface area contributed by atoms with Gasteiger partial charge in [-0.05, 0) is 43.9 Å². The zero-order chi connectivity index (χ0) is 12.3. The Labute approximate surface area is 102 Å². The zero-order valence-electron chi connectivity index (χ0n) is 10.2. The number of nitrogens with zero attached hydrogens (tertiary/aromatic N) is 1. The summed E-state index contributed by atoms with van der Waals surface area (Å²) in [6.07, 6.45) is 3.41. The van der Waals surface area contributed by atoms with E-state index in [1.54, 1.807) is 0 Å². The molecule has 1 heterocycles. The van der Waals surface area contributed by atoms with Gasteiger partial charge in [0.25, 0.3) is 0 Å². The molecule has 1 saturated heterocycles. The van der Waals surface area contributed by atoms with E-state index in [1.165, 1.54) is 6.42 Å². The summed E-state index contributed by atoms with van der Waals surface area (Å²) < 4.78 is 0. The molecule has 0 unspecified atom stereocenters. The predicted octanol–water partition coefficient (Wildman–Crippen LogP) is 2.60. The van der Waals surface area contributed by atoms with Gasteiger partial charge in [-0.2, -0.15) is 0 Å². The Morgan fingerprint density at radius 3 is 2.65 bits per heavy atom. The number of nitrogen functional groups attached to an aromatic ring is 1. The molecule has 17 heavy (non-hydrogen) atoms. The van der Waals surface area contributed by atoms with Crippen LogP contribution < -0.4 is 11.1 Å². The monoisotopic (exact) mass is 233 g/mol. The van der Waals surface area contributed by atoms with Crippen molar-refractivity contribution in [3.63, 3.8) is 0 Å². The lowest BCUT2D eigenvalue weighted by Crippen LogP contribution is -2.38. The van der Waals surface area contributed by atoms with Crippen molar-refractivity contribution in [2.45, 2.75) is 26.2 Å². The summed E-state index contributed by atoms with van der Waals surface area (Å²) in [5.74, 6) is 0. The number of hydrogen-bond donors (Lipinski definition) is 2. The maximum Gasteiger partial charge on any atom is 0.321 e. The summed E-state index contributed by atoms with van der Waals surface area (Å²) >= 11 is 0. The molecule has 2 rings (SSSR count). The van der Waals surface area contributed by atoms with Crippen molar-refractivity contribution in [3.05, 3.63) is 23.8 Å². The van der Waals surface area contributed by atoms with Crippen molar-refractivity contribution in [1.29, 1.82) is 0 Å². The first kappa shape index (κ1) is 11.8. The number of anilines is 2. The fourth-order valence-electron chi connectivity index (χ4n) is 2.09. The number of hydrogen-bond acceptors (Lipinski definition) is 2. The third-order valence-corrected chi connectivity index (χ3v) is 3.09. The first-order valence-electron chi connectivity index (χ1n) is 6.09. The lowest BCUT2D eigenvalue weighted by molar-refractivity contribution is 0.200. The van der Waals surface area contributed by atoms with Gasteiger partial charge in [-0.3, -0.25) is 0 Å². The standard InChI is InChI=1S/C13H19N3O/c1-10-5-6-12(11(14)9-10)15-13(17)16-7-3-2-4-8-16/h5-6,9H,2-4,7-8,14H2,1H3,(H,15,17). The van der Waals surface area contributed by atoms with Gasteiger partial charge in [0.1, 0.15) is 0 Å². The molecule has 3 N–H and O–H groups in total. The van der Waals surface area contributed by atoms with Gasteiger partial charge in [0.2, 0.25) is 0 Å². The van der Waals surface area contributed by atoms with E-state index < -0.39 is 0 Å². The molecule has 0 atom stereocenters. The normalized spacial score (nSPS) is 15.7. The Kier molecular flexibility index (Phi) is 3.52. The maximum absolute atomic E-state index is 12.0. The minimum Gasteiger partial charge on any atom is -0.397 e. The van der Waals surface area contributed by atoms with Gasteiger partial charge in [-0.1, -0.05) is 6.07 Å². The number of aryl methyl sites for hydroxylation is 1. The van der Waals surface area contributed by atoms with Crippen LogP contribution in [0.4, 0.5) is 16.2 Å². The van der Waals surface area contributed by atoms with Crippen molar-refractivity contribution in [3.8, 4) is 0 Å². The molecule has 0 bridgehead atoms. The Morgan fingerprint density at radius 2 is 2.00 bits per heavy atom. The first-order chi connectivity index (χ1) is 8.16. The maximum atomic E-state index is 12.0. The highest BCUT2D eigenvalue weighted by Gasteiger charge is 2.16. The number of urea groups is 1. The second kappa shape index (κ2) is 5.08. The SMILES string of the molecule is Cc1ccc(NC(=O)N2CCCCC2)c(N)c1. The number of amides is 2. The van der Waals surface area contributed by atoms with E-state index in [-0.39, 0.29) is 6.03 Å². The molecule has 2 amide bonds. The van der Waals surface area contributed by atoms with Crippen LogP contribution in [0.3, 0.4) is 0 Å². The Balaban J connectivity index is 2.02. The zero-order valence-corrected chi connectivity index (χ0v) is 10.2. The Morgan fingerprint density at radius 1 is 1.29 bits per heavy atom. The van der Waals surface area contributed by atoms with Gasteiger partial charge in [0, 0.05) is 13.1 Å². The molecule has 0 aromatic heterocycles. The average Bonchev–Trinajstić information content (AvgIpc) is 2.34. The summed E-state index contributed by atoms with van der Waals surface area (Å²) in [5, 5.41) is 2.87. The van der Waals surface area contributed by atoms with E-state index in [4.69, 9.17) is 5.73 Å². The molecule has 1 aromatic carbocycles. The highest BCUT2D eigenvalue weighted by molar-refractivity contribution is 5.92. The van der Waals surface area contributed by atoms with Gasteiger partial charge in [0.05, 0.1) is 11.4 Å². The summed E-state index contributed by atoms with van der Waals surface area (Å²) in [6.45, 7) is 3.67. The van der Waals surface area contributed by atoms with Crippen LogP contribution in [-0.2, 0) is 0 Å². The lowest BCUT2D eigenvalue weighted by Gasteiger charge is -2.27. The van der Waals surface area contributed by atoms with Gasteiger partial charge >= 0.3 is 6.03 Å². The van der Waals surface area contributed by atoms with Crippen molar-refractivity contribution in [2.75, 3.05) is 24.1 Å². The Bertz CT molecular complexity index is 411. The van der Waals surface area contributed by atoms with E-state index in [1.807, 2.05) is 30.0 Å². The number of carbonyl (C=O) groups is 1. The molecule has 4 nitrogen and oxygen atoms in total. The molecule has 0 saturated carbocycles. The molecular formula is C13H19N3O. The van der Waals surface area contributed by atoms with Gasteiger partial charge < -0.3 is 16.0 Å². The van der Waals surface area contributed by atoms with E-state index in [9.17, 15) is 4.79 Å². The lowest BCUT2D eigenvalue weighted by atomic mass is 10.1. The molecule has 0 spiro atoms. The van der Waals surface area contributed by atoms with Crippen LogP contribution in [-0.4, -0.2) is 24.0 Å². The molecule has 4 heteroatoms. The molecule has 1 fully saturated rings. The summed E-state index contributed by atoms with van der Waals surface area (Å²) in [6, 6.07) is 5.63. The molecule has 0 aliphatic carbocycles. The number of carbonyl (C=O) groups excluding carboxylic acids is 1. The molecule has 92 valence electrons. The highest BCUT2D eigenvalue weighted by atomic mass is 16.2. The van der Waals surface area contributed by atoms with E-state index >= 15 is 0 Å². The smallest absolute Gasteiger partial charge is 0.321 e. The number of piperidine rings is 1. The average molecular weight is 233 g/mol. The molecule has 0 radical (unpaired) electrons. The Hall–Kier alpha value is -1.71. The van der Waals surface area contributed by atoms with Crippen LogP contribution in [0.5, 0.6) is 0 Å². The summed E-state index contributed by atoms with van der Waals surface area (Å²) in [4.78, 5) is 13.8. The third-order valence-electron chi connectivity index (χ3n) is 3.09. The number of rotatable bonds is 1. The van der Waals surface area contributed by atoms with Gasteiger partial charge in [0.15, 0.2) is 0 Å². The fraction of sp³-hybridized carbons (Fsp3) is 0.462. The van der Waals surface area contributed by atoms with Gasteiger partial charge in [-0.25, -0.2) is 4.79 Å². The van der Waals surface area contributed by atoms with Crippen LogP contribution in [0.2, 0.25) is 0 Å². The molecular weight excluding hydrogens is 214 g/mol. The van der Waals surface area contributed by atoms with E-state index in [0.29, 0.717) is 11.4 Å². The topological polar surface area (TPSA) is 58.4 Å². The number of benzene rings is 1. The van der Waals surface area contributed by atoms with E-state index in [0.717, 1.165) is 31.5 Å². The van der Waals surface area contributed by atoms with Crippen molar-refractivity contribution >= 4 is 17.4 Å². The third kappa shape index (κ3) is 2.90. The van der Waals surface area contributed by atoms with Crippen molar-refractivity contribution in [2.24, 2.45) is 0 Å². The summed E-state index contributed by atoms with van der Waals surface area (Å²) in [5.41, 5.74) is 8.28. The number of nitrogens with two attached hydrogens (primary N) is 1. The summed E-state index contributed by atoms with van der Waals surface area (Å²) in [7, 11) is 0. The van der Waals surface area contributed by atoms with Crippen molar-refractivity contribution in [1.82, 2.24) is 4.90 Å². The predicted molar refractivity (Wildman–Crippen MR) is 70.0 cm³/mol. The van der Waals surface area contributed by atoms with E-state index in [2.05, 4.69) is 5.32 Å². The minimum atomic E-state index is -0.0414. The minimum absolute atomic E-state index is 0.0414. The second-order valence-corrected chi connectivity index (χ2v) is 4.57. The largest absolute Gasteiger partial charge is 0.397 e. The molecule has 1 aliphatic rings. The quantitative estimate of drug-likeness (QED) is 0.732. The number of nitrogens with one attached hydrogen (secondary N) is 1. The number of likely N-dealkylation sites (tertiary alicyclic amines) is 1. The van der Waals surface area contributed by atoms with Crippen molar-refractivity contribution < 1.29 is 4.79 Å². The molecule has 1 aromatic rings. The van der Waals surface area contributed by atoms with Crippen LogP contribution in [0.1, 0.15) is 24.8 Å². The molecule has 1 aliphatic heterocycles. The van der Waals surface area contributed by atoms with Gasteiger partial charge in [-0.15, -0.1) is 0 Å². The van der Waals surface area contributed by atoms with Crippen LogP contribution in [0, 0.1) is 6.92 Å². The fourth-order valence-corrected chi connectivity index (χ4v) is 2.09. The van der Waals surface area contributed by atoms with Crippen LogP contribution in [0.15, 0.2) is 18.2 Å². The van der Waals surface area contributed by atoms with Crippen LogP contribution in [0.25, 0.3) is 0 Å². The first-order valence-corrected chi connectivity index (χ1v) is 6.09. The van der Waals surface area contributed by atoms with Crippen LogP contribution >= 0.6 is 0 Å². The highest BCUT2D eigenvalue weighted by Crippen LogP contribution is 2.20. The second-order valence-electron chi connectivity index (χ2n) is 4.57.